The third-order valence-corrected chi connectivity index (χ3v) is 7.87. The number of benzene rings is 3. The first kappa shape index (κ1) is 25.3. The van der Waals surface area contributed by atoms with Crippen LogP contribution >= 0.6 is 11.6 Å². The average Bonchev–Trinajstić information content (AvgIpc) is 3.06. The van der Waals surface area contributed by atoms with Crippen molar-refractivity contribution in [1.29, 1.82) is 0 Å². The van der Waals surface area contributed by atoms with E-state index in [9.17, 15) is 18.0 Å². The number of methoxy groups -OCH3 is 1. The van der Waals surface area contributed by atoms with E-state index >= 15 is 0 Å². The van der Waals surface area contributed by atoms with E-state index in [0.717, 1.165) is 9.87 Å². The highest BCUT2D eigenvalue weighted by atomic mass is 35.5. The van der Waals surface area contributed by atoms with Crippen molar-refractivity contribution in [3.05, 3.63) is 81.7 Å². The molecule has 4 aromatic rings. The summed E-state index contributed by atoms with van der Waals surface area (Å²) in [6.07, 6.45) is 0. The third kappa shape index (κ3) is 4.69. The molecule has 4 rings (SSSR count). The lowest BCUT2D eigenvalue weighted by Gasteiger charge is -2.26. The smallest absolute Gasteiger partial charge is 0.328 e. The first-order valence-electron chi connectivity index (χ1n) is 10.9. The Labute approximate surface area is 213 Å². The predicted molar refractivity (Wildman–Crippen MR) is 141 cm³/mol. The SMILES string of the molecule is COc1ccc(Cl)cc1N(CC(=O)Nc1ccc2c(c1)n(C)c(=O)n2C)S(=O)(=O)c1ccc(C)cc1. The van der Waals surface area contributed by atoms with Crippen LogP contribution in [0.25, 0.3) is 11.0 Å². The molecule has 0 aliphatic heterocycles. The number of amides is 1. The Morgan fingerprint density at radius 3 is 2.33 bits per heavy atom. The van der Waals surface area contributed by atoms with Crippen molar-refractivity contribution in [3.8, 4) is 5.75 Å². The zero-order chi connectivity index (χ0) is 26.2. The number of sulfonamides is 1. The molecule has 0 saturated carbocycles. The molecule has 1 heterocycles. The van der Waals surface area contributed by atoms with E-state index < -0.39 is 22.5 Å². The number of ether oxygens (including phenoxy) is 1. The monoisotopic (exact) mass is 528 g/mol. The van der Waals surface area contributed by atoms with E-state index in [2.05, 4.69) is 5.32 Å². The fourth-order valence-corrected chi connectivity index (χ4v) is 5.50. The van der Waals surface area contributed by atoms with Gasteiger partial charge in [0.1, 0.15) is 12.3 Å². The highest BCUT2D eigenvalue weighted by Crippen LogP contribution is 2.35. The van der Waals surface area contributed by atoms with Crippen LogP contribution < -0.4 is 20.0 Å². The standard InChI is InChI=1S/C25H25ClN4O5S/c1-16-5-9-19(10-6-16)36(33,34)30(22-13-17(26)7-12-23(22)35-4)15-24(31)27-18-8-11-20-21(14-18)29(3)25(32)28(20)2/h5-14H,15H2,1-4H3,(H,27,31). The number of imidazole rings is 1. The molecule has 0 spiro atoms. The van der Waals surface area contributed by atoms with E-state index in [1.165, 1.54) is 40.5 Å². The molecule has 188 valence electrons. The Bertz CT molecular complexity index is 1620. The van der Waals surface area contributed by atoms with Crippen molar-refractivity contribution in [1.82, 2.24) is 9.13 Å². The van der Waals surface area contributed by atoms with E-state index in [4.69, 9.17) is 16.3 Å². The summed E-state index contributed by atoms with van der Waals surface area (Å²) in [7, 11) is 0.538. The molecule has 0 aliphatic carbocycles. The van der Waals surface area contributed by atoms with Crippen molar-refractivity contribution < 1.29 is 17.9 Å². The van der Waals surface area contributed by atoms with Gasteiger partial charge in [-0.25, -0.2) is 13.2 Å². The van der Waals surface area contributed by atoms with Gasteiger partial charge in [0.05, 0.1) is 28.7 Å². The number of rotatable bonds is 7. The van der Waals surface area contributed by atoms with Crippen molar-refractivity contribution in [2.24, 2.45) is 14.1 Å². The van der Waals surface area contributed by atoms with Gasteiger partial charge in [-0.3, -0.25) is 18.2 Å². The van der Waals surface area contributed by atoms with Crippen molar-refractivity contribution in [2.75, 3.05) is 23.3 Å². The molecule has 1 N–H and O–H groups in total. The second kappa shape index (κ2) is 9.71. The van der Waals surface area contributed by atoms with Gasteiger partial charge >= 0.3 is 5.69 Å². The second-order valence-electron chi connectivity index (χ2n) is 8.29. The zero-order valence-electron chi connectivity index (χ0n) is 20.1. The summed E-state index contributed by atoms with van der Waals surface area (Å²) in [5.74, 6) is -0.350. The third-order valence-electron chi connectivity index (χ3n) is 5.86. The van der Waals surface area contributed by atoms with Gasteiger partial charge in [-0.15, -0.1) is 0 Å². The molecule has 0 fully saturated rings. The van der Waals surface area contributed by atoms with Crippen LogP contribution in [0.3, 0.4) is 0 Å². The van der Waals surface area contributed by atoms with Crippen molar-refractivity contribution in [3.63, 3.8) is 0 Å². The van der Waals surface area contributed by atoms with Crippen LogP contribution in [0.4, 0.5) is 11.4 Å². The van der Waals surface area contributed by atoms with Gasteiger partial charge < -0.3 is 10.1 Å². The number of hydrogen-bond donors (Lipinski definition) is 1. The molecule has 0 aliphatic rings. The molecule has 9 nitrogen and oxygen atoms in total. The van der Waals surface area contributed by atoms with Gasteiger partial charge in [0.2, 0.25) is 5.91 Å². The highest BCUT2D eigenvalue weighted by molar-refractivity contribution is 7.92. The van der Waals surface area contributed by atoms with E-state index in [0.29, 0.717) is 16.7 Å². The van der Waals surface area contributed by atoms with Crippen LogP contribution in [0.1, 0.15) is 5.56 Å². The largest absolute Gasteiger partial charge is 0.495 e. The summed E-state index contributed by atoms with van der Waals surface area (Å²) in [5.41, 5.74) is 2.57. The Kier molecular flexibility index (Phi) is 6.83. The molecule has 11 heteroatoms. The lowest BCUT2D eigenvalue weighted by Crippen LogP contribution is -2.38. The van der Waals surface area contributed by atoms with Crippen molar-refractivity contribution >= 4 is 49.9 Å². The molecule has 0 radical (unpaired) electrons. The van der Waals surface area contributed by atoms with E-state index in [1.54, 1.807) is 50.5 Å². The van der Waals surface area contributed by atoms with Gasteiger partial charge in [0.25, 0.3) is 10.0 Å². The predicted octanol–water partition coefficient (Wildman–Crippen LogP) is 3.68. The first-order valence-corrected chi connectivity index (χ1v) is 12.7. The lowest BCUT2D eigenvalue weighted by molar-refractivity contribution is -0.114. The van der Waals surface area contributed by atoms with Crippen LogP contribution in [0.15, 0.2) is 70.4 Å². The van der Waals surface area contributed by atoms with Crippen LogP contribution in [0.5, 0.6) is 5.75 Å². The fraction of sp³-hybridized carbons (Fsp3) is 0.200. The minimum Gasteiger partial charge on any atom is -0.495 e. The molecule has 0 saturated heterocycles. The minimum atomic E-state index is -4.17. The molecule has 1 aromatic heterocycles. The summed E-state index contributed by atoms with van der Waals surface area (Å²) in [5, 5.41) is 3.01. The highest BCUT2D eigenvalue weighted by Gasteiger charge is 2.30. The summed E-state index contributed by atoms with van der Waals surface area (Å²) in [6, 6.07) is 15.9. The average molecular weight is 529 g/mol. The Morgan fingerprint density at radius 1 is 1.00 bits per heavy atom. The molecular weight excluding hydrogens is 504 g/mol. The van der Waals surface area contributed by atoms with E-state index in [-0.39, 0.29) is 27.0 Å². The number of hydrogen-bond acceptors (Lipinski definition) is 5. The summed E-state index contributed by atoms with van der Waals surface area (Å²) < 4.78 is 36.7. The van der Waals surface area contributed by atoms with Crippen LogP contribution in [0, 0.1) is 6.92 Å². The fourth-order valence-electron chi connectivity index (χ4n) is 3.91. The van der Waals surface area contributed by atoms with Crippen LogP contribution in [0.2, 0.25) is 5.02 Å². The molecular formula is C25H25ClN4O5S. The minimum absolute atomic E-state index is 0.0173. The molecule has 0 unspecified atom stereocenters. The maximum atomic E-state index is 13.7. The summed E-state index contributed by atoms with van der Waals surface area (Å²) in [6.45, 7) is 1.31. The number of nitrogens with one attached hydrogen (secondary N) is 1. The number of fused-ring (bicyclic) bond motifs is 1. The topological polar surface area (TPSA) is 103 Å². The molecule has 36 heavy (non-hydrogen) atoms. The van der Waals surface area contributed by atoms with Crippen molar-refractivity contribution in [2.45, 2.75) is 11.8 Å². The second-order valence-corrected chi connectivity index (χ2v) is 10.6. The number of carbonyl (C=O) groups is 1. The van der Waals surface area contributed by atoms with Crippen LogP contribution in [-0.2, 0) is 28.9 Å². The number of carbonyl (C=O) groups excluding carboxylic acids is 1. The number of halogens is 1. The maximum absolute atomic E-state index is 13.7. The quantitative estimate of drug-likeness (QED) is 0.394. The van der Waals surface area contributed by atoms with Gasteiger partial charge in [0, 0.05) is 24.8 Å². The number of aromatic nitrogens is 2. The Hall–Kier alpha value is -3.76. The van der Waals surface area contributed by atoms with Gasteiger partial charge in [-0.05, 0) is 55.5 Å². The molecule has 3 aromatic carbocycles. The van der Waals surface area contributed by atoms with E-state index in [1.807, 2.05) is 6.92 Å². The maximum Gasteiger partial charge on any atom is 0.328 e. The summed E-state index contributed by atoms with van der Waals surface area (Å²) in [4.78, 5) is 25.4. The summed E-state index contributed by atoms with van der Waals surface area (Å²) >= 11 is 6.18. The molecule has 1 amide bonds. The number of nitrogens with zero attached hydrogens (tertiary/aromatic N) is 3. The molecule has 0 atom stereocenters. The zero-order valence-corrected chi connectivity index (χ0v) is 21.7. The lowest BCUT2D eigenvalue weighted by atomic mass is 10.2. The van der Waals surface area contributed by atoms with Gasteiger partial charge in [0.15, 0.2) is 0 Å². The Balaban J connectivity index is 1.72. The van der Waals surface area contributed by atoms with Gasteiger partial charge in [-0.1, -0.05) is 29.3 Å². The normalized spacial score (nSPS) is 11.5. The number of anilines is 2. The number of aryl methyl sites for hydroxylation is 3. The first-order chi connectivity index (χ1) is 17.0. The Morgan fingerprint density at radius 2 is 1.67 bits per heavy atom. The van der Waals surface area contributed by atoms with Crippen LogP contribution in [-0.4, -0.2) is 37.1 Å². The molecule has 0 bridgehead atoms. The van der Waals surface area contributed by atoms with Gasteiger partial charge in [-0.2, -0.15) is 0 Å².